The minimum atomic E-state index is -0.589. The van der Waals surface area contributed by atoms with Crippen molar-refractivity contribution in [2.45, 2.75) is 0 Å². The van der Waals surface area contributed by atoms with Crippen molar-refractivity contribution >= 4 is 17.5 Å². The largest absolute Gasteiger partial charge is 0.366 e. The van der Waals surface area contributed by atoms with E-state index in [2.05, 4.69) is 4.98 Å². The van der Waals surface area contributed by atoms with Crippen LogP contribution in [-0.4, -0.2) is 10.9 Å². The third-order valence-electron chi connectivity index (χ3n) is 2.27. The van der Waals surface area contributed by atoms with Crippen LogP contribution < -0.4 is 5.73 Å². The SMILES string of the molecule is NC(=O)c1cccnc1-c1ccc(F)c(Cl)c1. The Morgan fingerprint density at radius 1 is 1.35 bits per heavy atom. The molecule has 1 aromatic heterocycles. The minimum absolute atomic E-state index is 0.0245. The maximum Gasteiger partial charge on any atom is 0.250 e. The molecule has 0 aliphatic rings. The molecule has 5 heteroatoms. The maximum absolute atomic E-state index is 13.0. The molecular formula is C12H8ClFN2O. The predicted molar refractivity (Wildman–Crippen MR) is 63.2 cm³/mol. The molecule has 2 aromatic rings. The van der Waals surface area contributed by atoms with Crippen LogP contribution in [0.5, 0.6) is 0 Å². The number of rotatable bonds is 2. The first-order valence-corrected chi connectivity index (χ1v) is 5.17. The lowest BCUT2D eigenvalue weighted by Crippen LogP contribution is -2.13. The number of benzene rings is 1. The van der Waals surface area contributed by atoms with Gasteiger partial charge in [0.05, 0.1) is 16.3 Å². The molecule has 1 heterocycles. The van der Waals surface area contributed by atoms with E-state index in [-0.39, 0.29) is 10.6 Å². The molecule has 17 heavy (non-hydrogen) atoms. The smallest absolute Gasteiger partial charge is 0.250 e. The van der Waals surface area contributed by atoms with Gasteiger partial charge in [-0.1, -0.05) is 11.6 Å². The van der Waals surface area contributed by atoms with Crippen LogP contribution in [0.3, 0.4) is 0 Å². The van der Waals surface area contributed by atoms with Gasteiger partial charge in [-0.25, -0.2) is 4.39 Å². The van der Waals surface area contributed by atoms with E-state index in [1.165, 1.54) is 24.4 Å². The Balaban J connectivity index is 2.60. The summed E-state index contributed by atoms with van der Waals surface area (Å²) in [5.41, 5.74) is 6.44. The Morgan fingerprint density at radius 3 is 2.76 bits per heavy atom. The van der Waals surface area contributed by atoms with E-state index < -0.39 is 11.7 Å². The van der Waals surface area contributed by atoms with Crippen molar-refractivity contribution in [1.29, 1.82) is 0 Å². The monoisotopic (exact) mass is 250 g/mol. The summed E-state index contributed by atoms with van der Waals surface area (Å²) in [6.45, 7) is 0. The number of nitrogens with two attached hydrogens (primary N) is 1. The molecule has 0 spiro atoms. The molecule has 0 saturated heterocycles. The van der Waals surface area contributed by atoms with Gasteiger partial charge < -0.3 is 5.73 Å². The van der Waals surface area contributed by atoms with E-state index in [9.17, 15) is 9.18 Å². The Labute approximate surface area is 102 Å². The van der Waals surface area contributed by atoms with Gasteiger partial charge in [-0.05, 0) is 30.3 Å². The molecule has 0 unspecified atom stereocenters. The molecule has 2 N–H and O–H groups in total. The molecular weight excluding hydrogens is 243 g/mol. The Bertz CT molecular complexity index is 586. The van der Waals surface area contributed by atoms with Crippen molar-refractivity contribution in [2.75, 3.05) is 0 Å². The van der Waals surface area contributed by atoms with Crippen LogP contribution in [0.25, 0.3) is 11.3 Å². The molecule has 0 aliphatic carbocycles. The number of hydrogen-bond donors (Lipinski definition) is 1. The highest BCUT2D eigenvalue weighted by molar-refractivity contribution is 6.31. The summed E-state index contributed by atoms with van der Waals surface area (Å²) < 4.78 is 13.0. The van der Waals surface area contributed by atoms with Crippen LogP contribution in [-0.2, 0) is 0 Å². The van der Waals surface area contributed by atoms with Crippen LogP contribution in [0.1, 0.15) is 10.4 Å². The van der Waals surface area contributed by atoms with Crippen LogP contribution in [0.4, 0.5) is 4.39 Å². The molecule has 86 valence electrons. The lowest BCUT2D eigenvalue weighted by atomic mass is 10.1. The van der Waals surface area contributed by atoms with Crippen molar-refractivity contribution in [3.63, 3.8) is 0 Å². The van der Waals surface area contributed by atoms with E-state index in [0.29, 0.717) is 11.3 Å². The molecule has 1 amide bonds. The van der Waals surface area contributed by atoms with Gasteiger partial charge in [0.1, 0.15) is 5.82 Å². The van der Waals surface area contributed by atoms with E-state index in [1.807, 2.05) is 0 Å². The normalized spacial score (nSPS) is 10.2. The zero-order valence-electron chi connectivity index (χ0n) is 8.65. The average Bonchev–Trinajstić information content (AvgIpc) is 2.32. The van der Waals surface area contributed by atoms with E-state index >= 15 is 0 Å². The second-order valence-corrected chi connectivity index (χ2v) is 3.80. The zero-order chi connectivity index (χ0) is 12.4. The highest BCUT2D eigenvalue weighted by atomic mass is 35.5. The van der Waals surface area contributed by atoms with Gasteiger partial charge in [0.25, 0.3) is 5.91 Å². The summed E-state index contributed by atoms with van der Waals surface area (Å²) in [5, 5.41) is -0.0245. The molecule has 0 saturated carbocycles. The number of nitrogens with zero attached hydrogens (tertiary/aromatic N) is 1. The fourth-order valence-electron chi connectivity index (χ4n) is 1.48. The number of halogens is 2. The van der Waals surface area contributed by atoms with Crippen LogP contribution in [0.15, 0.2) is 36.5 Å². The van der Waals surface area contributed by atoms with Gasteiger partial charge in [0.2, 0.25) is 0 Å². The summed E-state index contributed by atoms with van der Waals surface area (Å²) in [5.74, 6) is -1.11. The lowest BCUT2D eigenvalue weighted by Gasteiger charge is -2.06. The van der Waals surface area contributed by atoms with Gasteiger partial charge in [0.15, 0.2) is 0 Å². The van der Waals surface area contributed by atoms with Gasteiger partial charge >= 0.3 is 0 Å². The Kier molecular flexibility index (Phi) is 3.06. The molecule has 0 bridgehead atoms. The first-order valence-electron chi connectivity index (χ1n) is 4.80. The highest BCUT2D eigenvalue weighted by Crippen LogP contribution is 2.25. The van der Waals surface area contributed by atoms with Crippen molar-refractivity contribution in [1.82, 2.24) is 4.98 Å². The third-order valence-corrected chi connectivity index (χ3v) is 2.56. The first-order chi connectivity index (χ1) is 8.09. The van der Waals surface area contributed by atoms with Gasteiger partial charge in [-0.2, -0.15) is 0 Å². The second kappa shape index (κ2) is 4.51. The van der Waals surface area contributed by atoms with E-state index in [0.717, 1.165) is 0 Å². The lowest BCUT2D eigenvalue weighted by molar-refractivity contribution is 0.100. The summed E-state index contributed by atoms with van der Waals surface area (Å²) in [6.07, 6.45) is 1.53. The fourth-order valence-corrected chi connectivity index (χ4v) is 1.66. The predicted octanol–water partition coefficient (Wildman–Crippen LogP) is 2.64. The summed E-state index contributed by atoms with van der Waals surface area (Å²) in [7, 11) is 0. The van der Waals surface area contributed by atoms with Gasteiger partial charge in [0, 0.05) is 11.8 Å². The second-order valence-electron chi connectivity index (χ2n) is 3.39. The molecule has 1 aromatic carbocycles. The topological polar surface area (TPSA) is 56.0 Å². The van der Waals surface area contributed by atoms with Crippen molar-refractivity contribution in [2.24, 2.45) is 5.73 Å². The number of primary amides is 1. The van der Waals surface area contributed by atoms with Gasteiger partial charge in [-0.15, -0.1) is 0 Å². The minimum Gasteiger partial charge on any atom is -0.366 e. The van der Waals surface area contributed by atoms with Gasteiger partial charge in [-0.3, -0.25) is 9.78 Å². The Hall–Kier alpha value is -1.94. The summed E-state index contributed by atoms with van der Waals surface area (Å²) in [6, 6.07) is 7.29. The highest BCUT2D eigenvalue weighted by Gasteiger charge is 2.12. The van der Waals surface area contributed by atoms with E-state index in [4.69, 9.17) is 17.3 Å². The van der Waals surface area contributed by atoms with E-state index in [1.54, 1.807) is 12.1 Å². The van der Waals surface area contributed by atoms with Crippen molar-refractivity contribution in [3.8, 4) is 11.3 Å². The fraction of sp³-hybridized carbons (Fsp3) is 0. The maximum atomic E-state index is 13.0. The van der Waals surface area contributed by atoms with Crippen LogP contribution >= 0.6 is 11.6 Å². The average molecular weight is 251 g/mol. The molecule has 0 aliphatic heterocycles. The standard InChI is InChI=1S/C12H8ClFN2O/c13-9-6-7(3-4-10(9)14)11-8(12(15)17)2-1-5-16-11/h1-6H,(H2,15,17). The molecule has 0 fully saturated rings. The molecule has 0 radical (unpaired) electrons. The summed E-state index contributed by atoms with van der Waals surface area (Å²) >= 11 is 5.68. The number of carbonyl (C=O) groups excluding carboxylic acids is 1. The summed E-state index contributed by atoms with van der Waals surface area (Å²) in [4.78, 5) is 15.3. The van der Waals surface area contributed by atoms with Crippen LogP contribution in [0.2, 0.25) is 5.02 Å². The number of amides is 1. The number of pyridine rings is 1. The van der Waals surface area contributed by atoms with Crippen molar-refractivity contribution in [3.05, 3.63) is 52.9 Å². The number of hydrogen-bond acceptors (Lipinski definition) is 2. The van der Waals surface area contributed by atoms with Crippen LogP contribution in [0, 0.1) is 5.82 Å². The first kappa shape index (κ1) is 11.5. The Morgan fingerprint density at radius 2 is 2.12 bits per heavy atom. The van der Waals surface area contributed by atoms with Crippen molar-refractivity contribution < 1.29 is 9.18 Å². The third kappa shape index (κ3) is 2.26. The zero-order valence-corrected chi connectivity index (χ0v) is 9.41. The molecule has 2 rings (SSSR count). The number of carbonyl (C=O) groups is 1. The molecule has 3 nitrogen and oxygen atoms in total. The molecule has 0 atom stereocenters. The quantitative estimate of drug-likeness (QED) is 0.891. The number of aromatic nitrogens is 1.